The minimum Gasteiger partial charge on any atom is -0.480 e. The molecule has 1 unspecified atom stereocenters. The van der Waals surface area contributed by atoms with Crippen molar-refractivity contribution in [3.05, 3.63) is 41.7 Å². The predicted octanol–water partition coefficient (Wildman–Crippen LogP) is 1.42. The van der Waals surface area contributed by atoms with Crippen molar-refractivity contribution in [3.8, 4) is 0 Å². The molecule has 2 aromatic rings. The average molecular weight is 300 g/mol. The standard InChI is InChI=1S/C15H16N4O3/c20-13(21)8-19-9-16-15(18-19)17-14(22)12-7-3-5-10-4-1-2-6-11(10)12/h1-2,4,6,9,12H,3,5,7-8H2,(H,20,21)(H,17,18,22). The molecule has 1 aromatic heterocycles. The van der Waals surface area contributed by atoms with Crippen LogP contribution in [0.25, 0.3) is 0 Å². The van der Waals surface area contributed by atoms with Crippen LogP contribution < -0.4 is 5.32 Å². The van der Waals surface area contributed by atoms with Gasteiger partial charge in [0, 0.05) is 0 Å². The van der Waals surface area contributed by atoms with E-state index in [1.807, 2.05) is 18.2 Å². The summed E-state index contributed by atoms with van der Waals surface area (Å²) in [6.45, 7) is -0.283. The van der Waals surface area contributed by atoms with Crippen molar-refractivity contribution in [3.63, 3.8) is 0 Å². The molecule has 0 spiro atoms. The zero-order valence-electron chi connectivity index (χ0n) is 11.9. The van der Waals surface area contributed by atoms with Crippen molar-refractivity contribution < 1.29 is 14.7 Å². The van der Waals surface area contributed by atoms with Crippen LogP contribution in [-0.4, -0.2) is 31.7 Å². The van der Waals surface area contributed by atoms with Gasteiger partial charge in [-0.05, 0) is 30.4 Å². The Kier molecular flexibility index (Phi) is 3.86. The van der Waals surface area contributed by atoms with Crippen molar-refractivity contribution in [2.75, 3.05) is 5.32 Å². The van der Waals surface area contributed by atoms with Gasteiger partial charge in [0.15, 0.2) is 0 Å². The van der Waals surface area contributed by atoms with Gasteiger partial charge in [0.25, 0.3) is 0 Å². The monoisotopic (exact) mass is 300 g/mol. The lowest BCUT2D eigenvalue weighted by Gasteiger charge is -2.24. The quantitative estimate of drug-likeness (QED) is 0.890. The number of benzene rings is 1. The summed E-state index contributed by atoms with van der Waals surface area (Å²) in [4.78, 5) is 27.0. The van der Waals surface area contributed by atoms with Crippen LogP contribution in [0.5, 0.6) is 0 Å². The third-order valence-corrected chi connectivity index (χ3v) is 3.75. The molecule has 0 aliphatic heterocycles. The summed E-state index contributed by atoms with van der Waals surface area (Å²) in [5.41, 5.74) is 2.26. The lowest BCUT2D eigenvalue weighted by atomic mass is 9.82. The van der Waals surface area contributed by atoms with Crippen molar-refractivity contribution in [2.24, 2.45) is 0 Å². The fraction of sp³-hybridized carbons (Fsp3) is 0.333. The van der Waals surface area contributed by atoms with Gasteiger partial charge in [-0.2, -0.15) is 0 Å². The van der Waals surface area contributed by atoms with E-state index in [4.69, 9.17) is 5.11 Å². The third kappa shape index (κ3) is 2.98. The molecular weight excluding hydrogens is 284 g/mol. The topological polar surface area (TPSA) is 97.1 Å². The number of anilines is 1. The lowest BCUT2D eigenvalue weighted by Crippen LogP contribution is -2.25. The summed E-state index contributed by atoms with van der Waals surface area (Å²) in [5, 5.41) is 15.3. The van der Waals surface area contributed by atoms with Crippen LogP contribution >= 0.6 is 0 Å². The Labute approximate surface area is 127 Å². The first-order chi connectivity index (χ1) is 10.6. The highest BCUT2D eigenvalue weighted by molar-refractivity contribution is 5.94. The SMILES string of the molecule is O=C(O)Cn1cnc(NC(=O)C2CCCc3ccccc32)n1. The summed E-state index contributed by atoms with van der Waals surface area (Å²) in [6, 6.07) is 7.95. The Bertz CT molecular complexity index is 710. The normalized spacial score (nSPS) is 16.8. The molecule has 7 nitrogen and oxygen atoms in total. The van der Waals surface area contributed by atoms with Crippen LogP contribution in [0.3, 0.4) is 0 Å². The lowest BCUT2D eigenvalue weighted by molar-refractivity contribution is -0.137. The van der Waals surface area contributed by atoms with Gasteiger partial charge in [-0.15, -0.1) is 5.10 Å². The van der Waals surface area contributed by atoms with Crippen molar-refractivity contribution >= 4 is 17.8 Å². The summed E-state index contributed by atoms with van der Waals surface area (Å²) in [5.74, 6) is -1.24. The van der Waals surface area contributed by atoms with E-state index < -0.39 is 5.97 Å². The van der Waals surface area contributed by atoms with Gasteiger partial charge in [0.1, 0.15) is 12.9 Å². The van der Waals surface area contributed by atoms with E-state index in [0.717, 1.165) is 24.8 Å². The number of fused-ring (bicyclic) bond motifs is 1. The third-order valence-electron chi connectivity index (χ3n) is 3.75. The molecule has 0 fully saturated rings. The number of carboxylic acids is 1. The van der Waals surface area contributed by atoms with Gasteiger partial charge >= 0.3 is 5.97 Å². The number of carbonyl (C=O) groups excluding carboxylic acids is 1. The highest BCUT2D eigenvalue weighted by Crippen LogP contribution is 2.32. The summed E-state index contributed by atoms with van der Waals surface area (Å²) in [7, 11) is 0. The first-order valence-corrected chi connectivity index (χ1v) is 7.13. The van der Waals surface area contributed by atoms with E-state index in [-0.39, 0.29) is 24.3 Å². The molecule has 1 atom stereocenters. The molecule has 1 aliphatic carbocycles. The summed E-state index contributed by atoms with van der Waals surface area (Å²) < 4.78 is 1.17. The zero-order valence-corrected chi connectivity index (χ0v) is 11.9. The highest BCUT2D eigenvalue weighted by atomic mass is 16.4. The fourth-order valence-electron chi connectivity index (χ4n) is 2.79. The largest absolute Gasteiger partial charge is 0.480 e. The minimum atomic E-state index is -1.01. The average Bonchev–Trinajstić information content (AvgIpc) is 2.92. The molecule has 1 aromatic carbocycles. The van der Waals surface area contributed by atoms with Crippen LogP contribution in [-0.2, 0) is 22.6 Å². The van der Waals surface area contributed by atoms with E-state index in [9.17, 15) is 9.59 Å². The smallest absolute Gasteiger partial charge is 0.325 e. The number of aryl methyl sites for hydroxylation is 1. The molecule has 22 heavy (non-hydrogen) atoms. The first-order valence-electron chi connectivity index (χ1n) is 7.13. The van der Waals surface area contributed by atoms with Crippen molar-refractivity contribution in [2.45, 2.75) is 31.7 Å². The van der Waals surface area contributed by atoms with Gasteiger partial charge in [-0.3, -0.25) is 14.9 Å². The molecule has 3 rings (SSSR count). The number of hydrogen-bond donors (Lipinski definition) is 2. The van der Waals surface area contributed by atoms with Gasteiger partial charge in [-0.1, -0.05) is 24.3 Å². The number of nitrogens with zero attached hydrogens (tertiary/aromatic N) is 3. The molecule has 2 N–H and O–H groups in total. The molecule has 0 radical (unpaired) electrons. The first kappa shape index (κ1) is 14.2. The molecule has 7 heteroatoms. The van der Waals surface area contributed by atoms with Crippen LogP contribution in [0.1, 0.15) is 29.9 Å². The molecule has 1 heterocycles. The Morgan fingerprint density at radius 2 is 2.18 bits per heavy atom. The second-order valence-corrected chi connectivity index (χ2v) is 5.29. The van der Waals surface area contributed by atoms with Crippen LogP contribution in [0.15, 0.2) is 30.6 Å². The molecule has 114 valence electrons. The second kappa shape index (κ2) is 5.97. The highest BCUT2D eigenvalue weighted by Gasteiger charge is 2.26. The van der Waals surface area contributed by atoms with Crippen LogP contribution in [0.2, 0.25) is 0 Å². The Morgan fingerprint density at radius 1 is 1.36 bits per heavy atom. The molecule has 0 bridgehead atoms. The van der Waals surface area contributed by atoms with Crippen molar-refractivity contribution in [1.82, 2.24) is 14.8 Å². The van der Waals surface area contributed by atoms with E-state index in [2.05, 4.69) is 21.5 Å². The number of amides is 1. The Hall–Kier alpha value is -2.70. The molecular formula is C15H16N4O3. The van der Waals surface area contributed by atoms with Crippen LogP contribution in [0, 0.1) is 0 Å². The molecule has 1 amide bonds. The van der Waals surface area contributed by atoms with E-state index >= 15 is 0 Å². The zero-order chi connectivity index (χ0) is 15.5. The van der Waals surface area contributed by atoms with E-state index in [1.165, 1.54) is 16.6 Å². The minimum absolute atomic E-state index is 0.134. The number of rotatable bonds is 4. The summed E-state index contributed by atoms with van der Waals surface area (Å²) in [6.07, 6.45) is 4.04. The number of carbonyl (C=O) groups is 2. The van der Waals surface area contributed by atoms with Crippen LogP contribution in [0.4, 0.5) is 5.95 Å². The van der Waals surface area contributed by atoms with E-state index in [0.29, 0.717) is 0 Å². The number of aromatic nitrogens is 3. The maximum absolute atomic E-state index is 12.4. The number of carboxylic acid groups (broad SMARTS) is 1. The second-order valence-electron chi connectivity index (χ2n) is 5.29. The Morgan fingerprint density at radius 3 is 3.00 bits per heavy atom. The summed E-state index contributed by atoms with van der Waals surface area (Å²) >= 11 is 0. The number of nitrogens with one attached hydrogen (secondary N) is 1. The van der Waals surface area contributed by atoms with Crippen molar-refractivity contribution in [1.29, 1.82) is 0 Å². The Balaban J connectivity index is 1.73. The molecule has 0 saturated heterocycles. The van der Waals surface area contributed by atoms with Gasteiger partial charge in [-0.25, -0.2) is 9.67 Å². The van der Waals surface area contributed by atoms with Gasteiger partial charge in [0.05, 0.1) is 5.92 Å². The molecule has 1 aliphatic rings. The van der Waals surface area contributed by atoms with E-state index in [1.54, 1.807) is 0 Å². The fourth-order valence-corrected chi connectivity index (χ4v) is 2.79. The number of hydrogen-bond acceptors (Lipinski definition) is 4. The van der Waals surface area contributed by atoms with Gasteiger partial charge < -0.3 is 5.11 Å². The number of aliphatic carboxylic acids is 1. The maximum Gasteiger partial charge on any atom is 0.325 e. The van der Waals surface area contributed by atoms with Gasteiger partial charge in [0.2, 0.25) is 11.9 Å². The maximum atomic E-state index is 12.4. The predicted molar refractivity (Wildman–Crippen MR) is 78.4 cm³/mol. The molecule has 0 saturated carbocycles.